The van der Waals surface area contributed by atoms with Gasteiger partial charge in [0.15, 0.2) is 6.04 Å². The van der Waals surface area contributed by atoms with Gasteiger partial charge in [0.1, 0.15) is 0 Å². The van der Waals surface area contributed by atoms with Crippen molar-refractivity contribution in [3.63, 3.8) is 0 Å². The van der Waals surface area contributed by atoms with Crippen molar-refractivity contribution >= 4 is 11.7 Å². The van der Waals surface area contributed by atoms with Gasteiger partial charge in [-0.1, -0.05) is 48.5 Å². The van der Waals surface area contributed by atoms with Crippen LogP contribution in [0, 0.1) is 0 Å². The van der Waals surface area contributed by atoms with Crippen molar-refractivity contribution in [3.05, 3.63) is 66.2 Å². The Labute approximate surface area is 106 Å². The summed E-state index contributed by atoms with van der Waals surface area (Å²) in [6, 6.07) is 18.1. The molecule has 0 amide bonds. The van der Waals surface area contributed by atoms with Gasteiger partial charge in [-0.3, -0.25) is 0 Å². The number of anilines is 1. The average Bonchev–Trinajstić information content (AvgIpc) is 2.40. The molecule has 3 heteroatoms. The molecule has 0 aliphatic carbocycles. The second-order valence-corrected chi connectivity index (χ2v) is 4.10. The zero-order valence-corrected chi connectivity index (χ0v) is 10.2. The van der Waals surface area contributed by atoms with Crippen molar-refractivity contribution in [2.45, 2.75) is 6.04 Å². The van der Waals surface area contributed by atoms with E-state index in [9.17, 15) is 9.90 Å². The monoisotopic (exact) mass is 241 g/mol. The highest BCUT2D eigenvalue weighted by Crippen LogP contribution is 2.25. The maximum absolute atomic E-state index is 11.5. The fraction of sp³-hybridized carbons (Fsp3) is 0.133. The fourth-order valence-electron chi connectivity index (χ4n) is 1.98. The predicted octanol–water partition coefficient (Wildman–Crippen LogP) is 2.95. The van der Waals surface area contributed by atoms with Gasteiger partial charge in [-0.05, 0) is 17.7 Å². The number of hydrogen-bond donors (Lipinski definition) is 1. The van der Waals surface area contributed by atoms with Crippen LogP contribution in [-0.4, -0.2) is 18.1 Å². The van der Waals surface area contributed by atoms with Crippen LogP contribution in [0.4, 0.5) is 5.69 Å². The molecule has 0 saturated carbocycles. The van der Waals surface area contributed by atoms with E-state index in [-0.39, 0.29) is 0 Å². The summed E-state index contributed by atoms with van der Waals surface area (Å²) in [4.78, 5) is 13.2. The average molecular weight is 241 g/mol. The standard InChI is InChI=1S/C15H15NO2/c1-16(13-10-6-3-7-11-13)14(15(17)18)12-8-4-2-5-9-12/h2-11,14H,1H3,(H,17,18)/t14-/m1/s1. The Hall–Kier alpha value is -2.29. The molecule has 0 spiro atoms. The lowest BCUT2D eigenvalue weighted by molar-refractivity contribution is -0.138. The van der Waals surface area contributed by atoms with E-state index in [0.29, 0.717) is 0 Å². The van der Waals surface area contributed by atoms with Gasteiger partial charge >= 0.3 is 5.97 Å². The third-order valence-electron chi connectivity index (χ3n) is 2.90. The molecule has 0 aromatic heterocycles. The molecule has 0 unspecified atom stereocenters. The number of likely N-dealkylation sites (N-methyl/N-ethyl adjacent to an activating group) is 1. The molecular weight excluding hydrogens is 226 g/mol. The van der Waals surface area contributed by atoms with Gasteiger partial charge in [0.2, 0.25) is 0 Å². The Morgan fingerprint density at radius 3 is 2.00 bits per heavy atom. The van der Waals surface area contributed by atoms with Gasteiger partial charge < -0.3 is 10.0 Å². The molecule has 2 rings (SSSR count). The van der Waals surface area contributed by atoms with Gasteiger partial charge in [-0.2, -0.15) is 0 Å². The van der Waals surface area contributed by atoms with Crippen LogP contribution in [-0.2, 0) is 4.79 Å². The van der Waals surface area contributed by atoms with Crippen LogP contribution in [0.2, 0.25) is 0 Å². The van der Waals surface area contributed by atoms with Crippen LogP contribution in [0.1, 0.15) is 11.6 Å². The number of aliphatic carboxylic acids is 1. The molecule has 18 heavy (non-hydrogen) atoms. The van der Waals surface area contributed by atoms with Crippen LogP contribution >= 0.6 is 0 Å². The first kappa shape index (κ1) is 12.2. The summed E-state index contributed by atoms with van der Waals surface area (Å²) in [5.74, 6) is -0.854. The van der Waals surface area contributed by atoms with Crippen molar-refractivity contribution in [1.82, 2.24) is 0 Å². The molecule has 1 atom stereocenters. The Morgan fingerprint density at radius 1 is 1.00 bits per heavy atom. The predicted molar refractivity (Wildman–Crippen MR) is 71.7 cm³/mol. The smallest absolute Gasteiger partial charge is 0.331 e. The molecule has 0 saturated heterocycles. The first-order chi connectivity index (χ1) is 8.70. The number of carbonyl (C=O) groups is 1. The van der Waals surface area contributed by atoms with E-state index in [2.05, 4.69) is 0 Å². The lowest BCUT2D eigenvalue weighted by Crippen LogP contribution is -2.30. The van der Waals surface area contributed by atoms with E-state index in [1.165, 1.54) is 0 Å². The van der Waals surface area contributed by atoms with Gasteiger partial charge in [0.25, 0.3) is 0 Å². The first-order valence-corrected chi connectivity index (χ1v) is 5.76. The second-order valence-electron chi connectivity index (χ2n) is 4.10. The number of carboxylic acids is 1. The molecule has 0 fully saturated rings. The minimum atomic E-state index is -0.854. The Balaban J connectivity index is 2.35. The largest absolute Gasteiger partial charge is 0.479 e. The molecule has 2 aromatic carbocycles. The van der Waals surface area contributed by atoms with Crippen molar-refractivity contribution in [2.75, 3.05) is 11.9 Å². The molecule has 2 aromatic rings. The second kappa shape index (κ2) is 5.36. The number of rotatable bonds is 4. The fourth-order valence-corrected chi connectivity index (χ4v) is 1.98. The maximum atomic E-state index is 11.5. The van der Waals surface area contributed by atoms with Crippen molar-refractivity contribution in [2.24, 2.45) is 0 Å². The molecule has 92 valence electrons. The zero-order chi connectivity index (χ0) is 13.0. The Morgan fingerprint density at radius 2 is 1.50 bits per heavy atom. The van der Waals surface area contributed by atoms with Crippen molar-refractivity contribution < 1.29 is 9.90 Å². The third kappa shape index (κ3) is 2.51. The Bertz CT molecular complexity index is 511. The van der Waals surface area contributed by atoms with Crippen LogP contribution in [0.25, 0.3) is 0 Å². The summed E-state index contributed by atoms with van der Waals surface area (Å²) in [7, 11) is 1.79. The SMILES string of the molecule is CN(c1ccccc1)[C@@H](C(=O)O)c1ccccc1. The highest BCUT2D eigenvalue weighted by atomic mass is 16.4. The highest BCUT2D eigenvalue weighted by molar-refractivity contribution is 5.80. The lowest BCUT2D eigenvalue weighted by Gasteiger charge is -2.27. The lowest BCUT2D eigenvalue weighted by atomic mass is 10.1. The maximum Gasteiger partial charge on any atom is 0.331 e. The van der Waals surface area contributed by atoms with Crippen molar-refractivity contribution in [3.8, 4) is 0 Å². The normalized spacial score (nSPS) is 11.8. The number of nitrogens with zero attached hydrogens (tertiary/aromatic N) is 1. The summed E-state index contributed by atoms with van der Waals surface area (Å²) in [5.41, 5.74) is 1.66. The van der Waals surface area contributed by atoms with E-state index in [4.69, 9.17) is 0 Å². The summed E-state index contributed by atoms with van der Waals surface area (Å²) in [6.07, 6.45) is 0. The summed E-state index contributed by atoms with van der Waals surface area (Å²) < 4.78 is 0. The molecule has 0 aliphatic rings. The minimum Gasteiger partial charge on any atom is -0.479 e. The Kier molecular flexibility index (Phi) is 3.63. The van der Waals surface area contributed by atoms with E-state index >= 15 is 0 Å². The topological polar surface area (TPSA) is 40.5 Å². The minimum absolute atomic E-state index is 0.673. The highest BCUT2D eigenvalue weighted by Gasteiger charge is 2.24. The van der Waals surface area contributed by atoms with Crippen LogP contribution < -0.4 is 4.90 Å². The van der Waals surface area contributed by atoms with Gasteiger partial charge in [-0.25, -0.2) is 4.79 Å². The van der Waals surface area contributed by atoms with E-state index in [0.717, 1.165) is 11.3 Å². The van der Waals surface area contributed by atoms with E-state index in [1.54, 1.807) is 11.9 Å². The van der Waals surface area contributed by atoms with Crippen LogP contribution in [0.5, 0.6) is 0 Å². The van der Waals surface area contributed by atoms with Crippen LogP contribution in [0.3, 0.4) is 0 Å². The number of benzene rings is 2. The molecular formula is C15H15NO2. The molecule has 0 bridgehead atoms. The summed E-state index contributed by atoms with van der Waals surface area (Å²) in [5, 5.41) is 9.42. The molecule has 1 N–H and O–H groups in total. The zero-order valence-electron chi connectivity index (χ0n) is 10.2. The van der Waals surface area contributed by atoms with Crippen LogP contribution in [0.15, 0.2) is 60.7 Å². The van der Waals surface area contributed by atoms with Gasteiger partial charge in [0.05, 0.1) is 0 Å². The van der Waals surface area contributed by atoms with Gasteiger partial charge in [0, 0.05) is 12.7 Å². The number of para-hydroxylation sites is 1. The molecule has 0 aliphatic heterocycles. The quantitative estimate of drug-likeness (QED) is 0.894. The molecule has 0 heterocycles. The number of hydrogen-bond acceptors (Lipinski definition) is 2. The third-order valence-corrected chi connectivity index (χ3v) is 2.90. The van der Waals surface area contributed by atoms with Crippen molar-refractivity contribution in [1.29, 1.82) is 0 Å². The van der Waals surface area contributed by atoms with E-state index < -0.39 is 12.0 Å². The van der Waals surface area contributed by atoms with Gasteiger partial charge in [-0.15, -0.1) is 0 Å². The molecule has 3 nitrogen and oxygen atoms in total. The summed E-state index contributed by atoms with van der Waals surface area (Å²) >= 11 is 0. The first-order valence-electron chi connectivity index (χ1n) is 5.76. The number of carboxylic acid groups (broad SMARTS) is 1. The summed E-state index contributed by atoms with van der Waals surface area (Å²) in [6.45, 7) is 0. The van der Waals surface area contributed by atoms with E-state index in [1.807, 2.05) is 60.7 Å². The molecule has 0 radical (unpaired) electrons.